The Morgan fingerprint density at radius 3 is 2.79 bits per heavy atom. The zero-order valence-electron chi connectivity index (χ0n) is 17.1. The minimum Gasteiger partial charge on any atom is -0.363 e. The molecule has 2 heterocycles. The van der Waals surface area contributed by atoms with Crippen molar-refractivity contribution in [2.75, 3.05) is 19.0 Å². The van der Waals surface area contributed by atoms with E-state index in [9.17, 15) is 4.79 Å². The molecule has 6 nitrogen and oxygen atoms in total. The Balaban J connectivity index is 1.94. The number of benzene rings is 1. The first-order chi connectivity index (χ1) is 13.5. The van der Waals surface area contributed by atoms with Gasteiger partial charge in [-0.05, 0) is 25.0 Å². The molecule has 0 bridgehead atoms. The Morgan fingerprint density at radius 2 is 2.04 bits per heavy atom. The third-order valence-corrected chi connectivity index (χ3v) is 4.85. The normalized spacial score (nSPS) is 12.1. The maximum absolute atomic E-state index is 12.5. The van der Waals surface area contributed by atoms with Crippen LogP contribution < -0.4 is 10.2 Å². The van der Waals surface area contributed by atoms with Crippen molar-refractivity contribution in [3.63, 3.8) is 0 Å². The number of carbonyl (C=O) groups is 1. The van der Waals surface area contributed by atoms with E-state index in [1.54, 1.807) is 0 Å². The lowest BCUT2D eigenvalue weighted by molar-refractivity contribution is -0.122. The van der Waals surface area contributed by atoms with E-state index in [1.165, 1.54) is 10.9 Å². The number of hydrogen-bond donors (Lipinski definition) is 2. The monoisotopic (exact) mass is 379 g/mol. The van der Waals surface area contributed by atoms with Gasteiger partial charge in [0.25, 0.3) is 0 Å². The van der Waals surface area contributed by atoms with Crippen LogP contribution in [-0.4, -0.2) is 35.0 Å². The summed E-state index contributed by atoms with van der Waals surface area (Å²) in [5.74, 6) is 1.61. The summed E-state index contributed by atoms with van der Waals surface area (Å²) in [6.45, 7) is 3.98. The molecule has 0 fully saturated rings. The molecular formula is C22H29N5O. The molecule has 148 valence electrons. The number of aromatic nitrogens is 3. The number of amides is 1. The summed E-state index contributed by atoms with van der Waals surface area (Å²) in [4.78, 5) is 26.9. The summed E-state index contributed by atoms with van der Waals surface area (Å²) in [6, 6.07) is 9.98. The number of fused-ring (bicyclic) bond motifs is 1. The van der Waals surface area contributed by atoms with Crippen LogP contribution in [0.1, 0.15) is 49.3 Å². The van der Waals surface area contributed by atoms with E-state index in [0.29, 0.717) is 18.7 Å². The van der Waals surface area contributed by atoms with E-state index >= 15 is 0 Å². The highest BCUT2D eigenvalue weighted by Gasteiger charge is 2.20. The predicted octanol–water partition coefficient (Wildman–Crippen LogP) is 3.92. The molecule has 0 spiro atoms. The Labute approximate surface area is 166 Å². The second-order valence-corrected chi connectivity index (χ2v) is 7.38. The molecule has 28 heavy (non-hydrogen) atoms. The second-order valence-electron chi connectivity index (χ2n) is 7.38. The summed E-state index contributed by atoms with van der Waals surface area (Å²) < 4.78 is 0. The van der Waals surface area contributed by atoms with Crippen molar-refractivity contribution in [3.8, 4) is 0 Å². The Morgan fingerprint density at radius 1 is 1.25 bits per heavy atom. The molecule has 2 aromatic heterocycles. The fraction of sp³-hybridized carbons (Fsp3) is 0.409. The second kappa shape index (κ2) is 8.87. The smallest absolute Gasteiger partial charge is 0.220 e. The fourth-order valence-electron chi connectivity index (χ4n) is 3.34. The Kier molecular flexibility index (Phi) is 6.29. The zero-order chi connectivity index (χ0) is 20.1. The molecule has 0 aliphatic rings. The standard InChI is InChI=1S/C22H29N5O/c1-5-6-11-22(28)26-19(20-13-21(27(3)4)25-15(2)24-20)12-16-14-23-18-10-8-7-9-17(16)18/h7-10,13-14,19,23H,5-6,11-12H2,1-4H3,(H,26,28). The average Bonchev–Trinajstić information content (AvgIpc) is 3.08. The highest BCUT2D eigenvalue weighted by molar-refractivity contribution is 5.83. The van der Waals surface area contributed by atoms with Gasteiger partial charge in [-0.1, -0.05) is 31.5 Å². The van der Waals surface area contributed by atoms with Gasteiger partial charge in [-0.25, -0.2) is 9.97 Å². The van der Waals surface area contributed by atoms with Gasteiger partial charge in [0, 0.05) is 50.1 Å². The molecule has 0 aliphatic heterocycles. The highest BCUT2D eigenvalue weighted by atomic mass is 16.1. The van der Waals surface area contributed by atoms with Crippen molar-refractivity contribution >= 4 is 22.6 Å². The van der Waals surface area contributed by atoms with E-state index in [2.05, 4.69) is 39.3 Å². The van der Waals surface area contributed by atoms with E-state index in [-0.39, 0.29) is 11.9 Å². The highest BCUT2D eigenvalue weighted by Crippen LogP contribution is 2.25. The molecule has 0 saturated heterocycles. The lowest BCUT2D eigenvalue weighted by Gasteiger charge is -2.21. The van der Waals surface area contributed by atoms with Crippen LogP contribution >= 0.6 is 0 Å². The number of H-pyrrole nitrogens is 1. The first-order valence-electron chi connectivity index (χ1n) is 9.85. The van der Waals surface area contributed by atoms with Gasteiger partial charge in [-0.2, -0.15) is 0 Å². The number of rotatable bonds is 8. The van der Waals surface area contributed by atoms with Crippen LogP contribution in [-0.2, 0) is 11.2 Å². The van der Waals surface area contributed by atoms with Gasteiger partial charge >= 0.3 is 0 Å². The first-order valence-corrected chi connectivity index (χ1v) is 9.85. The quantitative estimate of drug-likeness (QED) is 0.622. The summed E-state index contributed by atoms with van der Waals surface area (Å²) >= 11 is 0. The number of hydrogen-bond acceptors (Lipinski definition) is 4. The molecule has 1 amide bonds. The summed E-state index contributed by atoms with van der Waals surface area (Å²) in [5, 5.41) is 4.38. The predicted molar refractivity (Wildman–Crippen MR) is 114 cm³/mol. The molecule has 1 aromatic carbocycles. The summed E-state index contributed by atoms with van der Waals surface area (Å²) in [7, 11) is 3.92. The number of para-hydroxylation sites is 1. The number of nitrogens with one attached hydrogen (secondary N) is 2. The largest absolute Gasteiger partial charge is 0.363 e. The van der Waals surface area contributed by atoms with E-state index in [1.807, 2.05) is 50.3 Å². The van der Waals surface area contributed by atoms with Crippen molar-refractivity contribution in [3.05, 3.63) is 53.6 Å². The average molecular weight is 380 g/mol. The van der Waals surface area contributed by atoms with Gasteiger partial charge in [0.05, 0.1) is 11.7 Å². The van der Waals surface area contributed by atoms with Crippen LogP contribution in [0.3, 0.4) is 0 Å². The van der Waals surface area contributed by atoms with Crippen molar-refractivity contribution in [2.45, 2.75) is 45.6 Å². The molecule has 0 radical (unpaired) electrons. The molecule has 0 aliphatic carbocycles. The lowest BCUT2D eigenvalue weighted by Crippen LogP contribution is -2.31. The third-order valence-electron chi connectivity index (χ3n) is 4.85. The molecule has 0 saturated carbocycles. The van der Waals surface area contributed by atoms with Crippen LogP contribution in [0.4, 0.5) is 5.82 Å². The number of aromatic amines is 1. The molecule has 2 N–H and O–H groups in total. The zero-order valence-corrected chi connectivity index (χ0v) is 17.1. The minimum atomic E-state index is -0.205. The first kappa shape index (κ1) is 19.9. The number of aryl methyl sites for hydroxylation is 1. The van der Waals surface area contributed by atoms with Crippen molar-refractivity contribution < 1.29 is 4.79 Å². The molecule has 1 unspecified atom stereocenters. The lowest BCUT2D eigenvalue weighted by atomic mass is 10.0. The van der Waals surface area contributed by atoms with Crippen LogP contribution in [0.5, 0.6) is 0 Å². The number of anilines is 1. The van der Waals surface area contributed by atoms with E-state index in [0.717, 1.165) is 29.9 Å². The molecular weight excluding hydrogens is 350 g/mol. The maximum atomic E-state index is 12.5. The van der Waals surface area contributed by atoms with Gasteiger partial charge in [0.1, 0.15) is 11.6 Å². The van der Waals surface area contributed by atoms with Gasteiger partial charge < -0.3 is 15.2 Å². The van der Waals surface area contributed by atoms with Crippen LogP contribution in [0.25, 0.3) is 10.9 Å². The SMILES string of the molecule is CCCCC(=O)NC(Cc1c[nH]c2ccccc12)c1cc(N(C)C)nc(C)n1. The van der Waals surface area contributed by atoms with Crippen molar-refractivity contribution in [1.29, 1.82) is 0 Å². The fourth-order valence-corrected chi connectivity index (χ4v) is 3.34. The number of carbonyl (C=O) groups excluding carboxylic acids is 1. The van der Waals surface area contributed by atoms with Crippen molar-refractivity contribution in [2.24, 2.45) is 0 Å². The Bertz CT molecular complexity index is 947. The summed E-state index contributed by atoms with van der Waals surface area (Å²) in [6.07, 6.45) is 5.11. The molecule has 3 aromatic rings. The van der Waals surface area contributed by atoms with E-state index in [4.69, 9.17) is 0 Å². The number of nitrogens with zero attached hydrogens (tertiary/aromatic N) is 3. The molecule has 1 atom stereocenters. The van der Waals surface area contributed by atoms with Crippen LogP contribution in [0.15, 0.2) is 36.5 Å². The molecule has 6 heteroatoms. The van der Waals surface area contributed by atoms with Gasteiger partial charge in [0.15, 0.2) is 0 Å². The minimum absolute atomic E-state index is 0.0642. The summed E-state index contributed by atoms with van der Waals surface area (Å²) in [5.41, 5.74) is 3.10. The van der Waals surface area contributed by atoms with Gasteiger partial charge in [-0.15, -0.1) is 0 Å². The topological polar surface area (TPSA) is 73.9 Å². The van der Waals surface area contributed by atoms with Gasteiger partial charge in [0.2, 0.25) is 5.91 Å². The van der Waals surface area contributed by atoms with Gasteiger partial charge in [-0.3, -0.25) is 4.79 Å². The Hall–Kier alpha value is -2.89. The van der Waals surface area contributed by atoms with E-state index < -0.39 is 0 Å². The van der Waals surface area contributed by atoms with Crippen LogP contribution in [0.2, 0.25) is 0 Å². The number of unbranched alkanes of at least 4 members (excludes halogenated alkanes) is 1. The molecule has 3 rings (SSSR count). The van der Waals surface area contributed by atoms with Crippen molar-refractivity contribution in [1.82, 2.24) is 20.3 Å². The van der Waals surface area contributed by atoms with Crippen LogP contribution in [0, 0.1) is 6.92 Å². The third kappa shape index (κ3) is 4.68. The maximum Gasteiger partial charge on any atom is 0.220 e.